The van der Waals surface area contributed by atoms with Crippen molar-refractivity contribution in [2.24, 2.45) is 0 Å². The Balaban J connectivity index is 1.67. The number of nitrogens with zero attached hydrogens (tertiary/aromatic N) is 3. The van der Waals surface area contributed by atoms with Crippen LogP contribution >= 0.6 is 0 Å². The van der Waals surface area contributed by atoms with Crippen LogP contribution in [0.25, 0.3) is 0 Å². The average molecular weight is 290 g/mol. The molecule has 5 nitrogen and oxygen atoms in total. The lowest BCUT2D eigenvalue weighted by Gasteiger charge is -2.37. The predicted molar refractivity (Wildman–Crippen MR) is 83.2 cm³/mol. The van der Waals surface area contributed by atoms with Gasteiger partial charge >= 0.3 is 0 Å². The third kappa shape index (κ3) is 3.35. The highest BCUT2D eigenvalue weighted by Gasteiger charge is 2.41. The predicted octanol–water partition coefficient (Wildman–Crippen LogP) is 1.86. The average Bonchev–Trinajstić information content (AvgIpc) is 2.68. The van der Waals surface area contributed by atoms with E-state index in [1.54, 1.807) is 0 Å². The number of aromatic nitrogens is 2. The molecule has 2 fully saturated rings. The first kappa shape index (κ1) is 14.7. The normalized spacial score (nSPS) is 29.0. The summed E-state index contributed by atoms with van der Waals surface area (Å²) in [6.07, 6.45) is 7.71. The van der Waals surface area contributed by atoms with Crippen molar-refractivity contribution in [3.8, 4) is 0 Å². The largest absolute Gasteiger partial charge is 0.393 e. The molecule has 2 atom stereocenters. The topological polar surface area (TPSA) is 61.3 Å². The maximum absolute atomic E-state index is 9.87. The van der Waals surface area contributed by atoms with E-state index in [0.717, 1.165) is 43.7 Å². The maximum atomic E-state index is 9.87. The number of piperidine rings is 1. The Hall–Kier alpha value is -1.20. The molecule has 2 aliphatic rings. The van der Waals surface area contributed by atoms with E-state index in [1.807, 2.05) is 12.4 Å². The first-order chi connectivity index (χ1) is 9.92. The minimum atomic E-state index is -0.144. The molecule has 2 bridgehead atoms. The van der Waals surface area contributed by atoms with Gasteiger partial charge in [0.1, 0.15) is 0 Å². The fraction of sp³-hybridized carbons (Fsp3) is 0.750. The first-order valence-corrected chi connectivity index (χ1v) is 7.95. The number of hydrogen-bond acceptors (Lipinski definition) is 5. The summed E-state index contributed by atoms with van der Waals surface area (Å²) in [4.78, 5) is 11.5. The van der Waals surface area contributed by atoms with Crippen LogP contribution in [0.15, 0.2) is 12.4 Å². The number of aliphatic hydroxyl groups excluding tert-OH is 1. The van der Waals surface area contributed by atoms with Crippen molar-refractivity contribution in [2.75, 3.05) is 4.90 Å². The smallest absolute Gasteiger partial charge is 0.225 e. The highest BCUT2D eigenvalue weighted by atomic mass is 16.3. The molecule has 5 heteroatoms. The molecule has 3 heterocycles. The van der Waals surface area contributed by atoms with Gasteiger partial charge in [-0.2, -0.15) is 0 Å². The van der Waals surface area contributed by atoms with E-state index in [4.69, 9.17) is 0 Å². The monoisotopic (exact) mass is 290 g/mol. The fourth-order valence-corrected chi connectivity index (χ4v) is 3.41. The second-order valence-corrected chi connectivity index (χ2v) is 7.41. The van der Waals surface area contributed by atoms with Crippen LogP contribution in [0.2, 0.25) is 0 Å². The summed E-state index contributed by atoms with van der Waals surface area (Å²) in [6.45, 7) is 7.24. The molecule has 3 rings (SSSR count). The van der Waals surface area contributed by atoms with Crippen molar-refractivity contribution >= 4 is 5.95 Å². The van der Waals surface area contributed by atoms with E-state index >= 15 is 0 Å². The third-order valence-corrected chi connectivity index (χ3v) is 4.45. The van der Waals surface area contributed by atoms with Gasteiger partial charge in [0.25, 0.3) is 0 Å². The Morgan fingerprint density at radius 3 is 2.29 bits per heavy atom. The summed E-state index contributed by atoms with van der Waals surface area (Å²) in [5.41, 5.74) is 1.21. The van der Waals surface area contributed by atoms with Crippen LogP contribution in [0.3, 0.4) is 0 Å². The summed E-state index contributed by atoms with van der Waals surface area (Å²) in [6, 6.07) is 0.828. The molecule has 0 aliphatic carbocycles. The van der Waals surface area contributed by atoms with Gasteiger partial charge < -0.3 is 15.3 Å². The van der Waals surface area contributed by atoms with E-state index < -0.39 is 0 Å². The molecule has 116 valence electrons. The quantitative estimate of drug-likeness (QED) is 0.889. The fourth-order valence-electron chi connectivity index (χ4n) is 3.41. The molecule has 0 saturated carbocycles. The van der Waals surface area contributed by atoms with Crippen molar-refractivity contribution in [2.45, 2.75) is 76.7 Å². The maximum Gasteiger partial charge on any atom is 0.225 e. The van der Waals surface area contributed by atoms with Crippen LogP contribution in [-0.2, 0) is 6.54 Å². The van der Waals surface area contributed by atoms with Gasteiger partial charge in [0.2, 0.25) is 5.95 Å². The van der Waals surface area contributed by atoms with Gasteiger partial charge in [-0.05, 0) is 46.5 Å². The van der Waals surface area contributed by atoms with Crippen LogP contribution in [0.1, 0.15) is 52.0 Å². The van der Waals surface area contributed by atoms with E-state index in [-0.39, 0.29) is 11.6 Å². The Kier molecular flexibility index (Phi) is 3.88. The number of hydrogen-bond donors (Lipinski definition) is 2. The Morgan fingerprint density at radius 1 is 1.19 bits per heavy atom. The summed E-state index contributed by atoms with van der Waals surface area (Å²) in [7, 11) is 0. The molecule has 0 amide bonds. The number of rotatable bonds is 3. The van der Waals surface area contributed by atoms with Crippen molar-refractivity contribution in [3.63, 3.8) is 0 Å². The lowest BCUT2D eigenvalue weighted by molar-refractivity contribution is 0.125. The van der Waals surface area contributed by atoms with Gasteiger partial charge in [0.15, 0.2) is 0 Å². The molecule has 1 aromatic heterocycles. The molecule has 2 N–H and O–H groups in total. The number of anilines is 1. The van der Waals surface area contributed by atoms with Crippen molar-refractivity contribution < 1.29 is 5.11 Å². The van der Waals surface area contributed by atoms with Gasteiger partial charge in [0.05, 0.1) is 6.10 Å². The Morgan fingerprint density at radius 2 is 1.76 bits per heavy atom. The molecular formula is C16H26N4O. The van der Waals surface area contributed by atoms with Gasteiger partial charge in [0, 0.05) is 42.1 Å². The van der Waals surface area contributed by atoms with Crippen LogP contribution in [0.5, 0.6) is 0 Å². The zero-order valence-electron chi connectivity index (χ0n) is 13.2. The molecule has 1 aromatic rings. The van der Waals surface area contributed by atoms with E-state index in [9.17, 15) is 5.11 Å². The minimum Gasteiger partial charge on any atom is -0.393 e. The van der Waals surface area contributed by atoms with E-state index in [0.29, 0.717) is 12.1 Å². The SMILES string of the molecule is CC(C)(C)NCc1cnc(N2C3CCC2CC(O)C3)nc1. The number of fused-ring (bicyclic) bond motifs is 2. The second-order valence-electron chi connectivity index (χ2n) is 7.41. The minimum absolute atomic E-state index is 0.0980. The lowest BCUT2D eigenvalue weighted by atomic mass is 10.0. The molecule has 2 saturated heterocycles. The molecule has 0 aromatic carbocycles. The highest BCUT2D eigenvalue weighted by Crippen LogP contribution is 2.37. The van der Waals surface area contributed by atoms with Gasteiger partial charge in [-0.3, -0.25) is 0 Å². The molecule has 2 unspecified atom stereocenters. The lowest BCUT2D eigenvalue weighted by Crippen LogP contribution is -2.45. The summed E-state index contributed by atoms with van der Waals surface area (Å²) in [5.74, 6) is 0.828. The Labute approximate surface area is 126 Å². The summed E-state index contributed by atoms with van der Waals surface area (Å²) < 4.78 is 0. The summed E-state index contributed by atoms with van der Waals surface area (Å²) in [5, 5.41) is 13.3. The van der Waals surface area contributed by atoms with E-state index in [2.05, 4.69) is 41.0 Å². The number of aliphatic hydroxyl groups is 1. The molecule has 0 spiro atoms. The summed E-state index contributed by atoms with van der Waals surface area (Å²) >= 11 is 0. The highest BCUT2D eigenvalue weighted by molar-refractivity contribution is 5.37. The van der Waals surface area contributed by atoms with Crippen LogP contribution < -0.4 is 10.2 Å². The third-order valence-electron chi connectivity index (χ3n) is 4.45. The molecule has 0 radical (unpaired) electrons. The first-order valence-electron chi connectivity index (χ1n) is 7.95. The standard InChI is InChI=1S/C16H26N4O/c1-16(2,3)19-10-11-8-17-15(18-9-11)20-12-4-5-13(20)7-14(21)6-12/h8-9,12-14,19,21H,4-7,10H2,1-3H3. The molecule has 2 aliphatic heterocycles. The van der Waals surface area contributed by atoms with Crippen molar-refractivity contribution in [3.05, 3.63) is 18.0 Å². The Bertz CT molecular complexity index is 468. The van der Waals surface area contributed by atoms with Gasteiger partial charge in [-0.15, -0.1) is 0 Å². The second kappa shape index (κ2) is 5.54. The van der Waals surface area contributed by atoms with Gasteiger partial charge in [-0.25, -0.2) is 9.97 Å². The van der Waals surface area contributed by atoms with Crippen LogP contribution in [0, 0.1) is 0 Å². The van der Waals surface area contributed by atoms with Crippen molar-refractivity contribution in [1.82, 2.24) is 15.3 Å². The number of nitrogens with one attached hydrogen (secondary N) is 1. The molecule has 21 heavy (non-hydrogen) atoms. The molecular weight excluding hydrogens is 264 g/mol. The van der Waals surface area contributed by atoms with Crippen LogP contribution in [0.4, 0.5) is 5.95 Å². The van der Waals surface area contributed by atoms with E-state index in [1.165, 1.54) is 0 Å². The van der Waals surface area contributed by atoms with Crippen molar-refractivity contribution in [1.29, 1.82) is 0 Å². The zero-order chi connectivity index (χ0) is 15.0. The van der Waals surface area contributed by atoms with Gasteiger partial charge in [-0.1, -0.05) is 0 Å². The zero-order valence-corrected chi connectivity index (χ0v) is 13.2. The van der Waals surface area contributed by atoms with Crippen LogP contribution in [-0.4, -0.2) is 38.8 Å².